The van der Waals surface area contributed by atoms with Gasteiger partial charge < -0.3 is 10.1 Å². The number of likely N-dealkylation sites (tertiary alicyclic amines) is 1. The minimum absolute atomic E-state index is 0.239. The van der Waals surface area contributed by atoms with Gasteiger partial charge in [-0.1, -0.05) is 40.9 Å². The van der Waals surface area contributed by atoms with Crippen LogP contribution in [0.1, 0.15) is 29.5 Å². The average molecular weight is 478 g/mol. The molecular weight excluding hydrogens is 460 g/mol. The van der Waals surface area contributed by atoms with Crippen molar-refractivity contribution in [1.82, 2.24) is 9.88 Å². The number of nitrogens with zero attached hydrogens (tertiary/aromatic N) is 1. The fourth-order valence-corrected chi connectivity index (χ4v) is 4.86. The number of piperidine rings is 1. The molecule has 1 saturated heterocycles. The molecule has 0 atom stereocenters. The van der Waals surface area contributed by atoms with Crippen molar-refractivity contribution >= 4 is 45.7 Å². The topological polar surface area (TPSA) is 39.3 Å². The van der Waals surface area contributed by atoms with E-state index in [9.17, 15) is 18.3 Å². The second kappa shape index (κ2) is 7.92. The summed E-state index contributed by atoms with van der Waals surface area (Å²) < 4.78 is 39.5. The van der Waals surface area contributed by atoms with Crippen molar-refractivity contribution < 1.29 is 18.3 Å². The molecular formula is C21H18Cl3F3N2O. The van der Waals surface area contributed by atoms with Gasteiger partial charge in [0.15, 0.2) is 0 Å². The third kappa shape index (κ3) is 4.16. The van der Waals surface area contributed by atoms with Crippen molar-refractivity contribution in [2.24, 2.45) is 0 Å². The van der Waals surface area contributed by atoms with Gasteiger partial charge in [-0.2, -0.15) is 13.2 Å². The van der Waals surface area contributed by atoms with Gasteiger partial charge in [-0.05, 0) is 48.2 Å². The number of nitrogens with one attached hydrogen (secondary N) is 1. The highest BCUT2D eigenvalue weighted by molar-refractivity contribution is 6.38. The van der Waals surface area contributed by atoms with E-state index >= 15 is 0 Å². The molecule has 0 bridgehead atoms. The van der Waals surface area contributed by atoms with E-state index in [1.807, 2.05) is 6.20 Å². The molecule has 1 aliphatic rings. The normalized spacial score (nSPS) is 17.6. The standard InChI is InChI=1S/C21H18Cl3F3N2O/c22-14-8-17(24)19-12(10-28-18(19)9-14)11-29-5-3-20(30,4-6-29)13-1-2-16(23)15(7-13)21(25,26)27/h1-2,7-10,28,30H,3-6,11H2. The summed E-state index contributed by atoms with van der Waals surface area (Å²) in [5.41, 5.74) is -0.167. The van der Waals surface area contributed by atoms with Gasteiger partial charge in [0, 0.05) is 41.8 Å². The average Bonchev–Trinajstić information content (AvgIpc) is 3.06. The maximum Gasteiger partial charge on any atom is 0.417 e. The van der Waals surface area contributed by atoms with Gasteiger partial charge in [0.2, 0.25) is 0 Å². The van der Waals surface area contributed by atoms with Crippen LogP contribution in [0.4, 0.5) is 13.2 Å². The van der Waals surface area contributed by atoms with Gasteiger partial charge in [0.25, 0.3) is 0 Å². The SMILES string of the molecule is OC1(c2ccc(Cl)c(C(F)(F)F)c2)CCN(Cc2c[nH]c3cc(Cl)cc(Cl)c23)CC1. The van der Waals surface area contributed by atoms with Gasteiger partial charge >= 0.3 is 6.18 Å². The molecule has 30 heavy (non-hydrogen) atoms. The minimum Gasteiger partial charge on any atom is -0.385 e. The summed E-state index contributed by atoms with van der Waals surface area (Å²) in [6.45, 7) is 1.66. The summed E-state index contributed by atoms with van der Waals surface area (Å²) in [7, 11) is 0. The Bertz CT molecular complexity index is 1090. The second-order valence-corrected chi connectivity index (χ2v) is 8.88. The molecule has 0 unspecified atom stereocenters. The third-order valence-corrected chi connectivity index (χ3v) is 6.51. The fourth-order valence-electron chi connectivity index (χ4n) is 4.02. The number of hydrogen-bond donors (Lipinski definition) is 2. The first kappa shape index (κ1) is 21.8. The zero-order valence-electron chi connectivity index (χ0n) is 15.7. The molecule has 0 saturated carbocycles. The van der Waals surface area contributed by atoms with Gasteiger partial charge in [-0.15, -0.1) is 0 Å². The van der Waals surface area contributed by atoms with Crippen LogP contribution in [0.25, 0.3) is 10.9 Å². The summed E-state index contributed by atoms with van der Waals surface area (Å²) in [6.07, 6.45) is -2.06. The highest BCUT2D eigenvalue weighted by Crippen LogP contribution is 2.40. The smallest absolute Gasteiger partial charge is 0.385 e. The van der Waals surface area contributed by atoms with Gasteiger partial charge in [-0.25, -0.2) is 0 Å². The molecule has 2 aromatic carbocycles. The van der Waals surface area contributed by atoms with Crippen LogP contribution in [0.3, 0.4) is 0 Å². The number of benzene rings is 2. The zero-order valence-corrected chi connectivity index (χ0v) is 17.9. The summed E-state index contributed by atoms with van der Waals surface area (Å²) in [5, 5.41) is 12.7. The van der Waals surface area contributed by atoms with Crippen LogP contribution < -0.4 is 0 Å². The molecule has 1 aliphatic heterocycles. The van der Waals surface area contributed by atoms with Crippen LogP contribution in [0.15, 0.2) is 36.5 Å². The molecule has 0 aliphatic carbocycles. The Morgan fingerprint density at radius 1 is 1.03 bits per heavy atom. The Labute approximate surface area is 186 Å². The molecule has 0 spiro atoms. The van der Waals surface area contributed by atoms with Crippen LogP contribution in [0.5, 0.6) is 0 Å². The van der Waals surface area contributed by atoms with E-state index in [1.165, 1.54) is 12.1 Å². The van der Waals surface area contributed by atoms with Gasteiger partial charge in [0.1, 0.15) is 0 Å². The number of rotatable bonds is 3. The highest BCUT2D eigenvalue weighted by Gasteiger charge is 2.38. The van der Waals surface area contributed by atoms with E-state index in [4.69, 9.17) is 34.8 Å². The first-order valence-corrected chi connectivity index (χ1v) is 10.5. The quantitative estimate of drug-likeness (QED) is 0.444. The van der Waals surface area contributed by atoms with Crippen molar-refractivity contribution in [3.63, 3.8) is 0 Å². The zero-order chi connectivity index (χ0) is 21.7. The molecule has 2 N–H and O–H groups in total. The maximum atomic E-state index is 13.2. The van der Waals surface area contributed by atoms with Crippen LogP contribution in [0, 0.1) is 0 Å². The van der Waals surface area contributed by atoms with Crippen LogP contribution in [-0.4, -0.2) is 28.1 Å². The van der Waals surface area contributed by atoms with E-state index in [0.717, 1.165) is 22.5 Å². The van der Waals surface area contributed by atoms with Crippen molar-refractivity contribution in [3.8, 4) is 0 Å². The molecule has 4 rings (SSSR count). The Morgan fingerprint density at radius 3 is 2.40 bits per heavy atom. The summed E-state index contributed by atoms with van der Waals surface area (Å²) in [5.74, 6) is 0. The molecule has 1 fully saturated rings. The van der Waals surface area contributed by atoms with Crippen molar-refractivity contribution in [2.45, 2.75) is 31.2 Å². The lowest BCUT2D eigenvalue weighted by atomic mass is 9.83. The Kier molecular flexibility index (Phi) is 5.75. The van der Waals surface area contributed by atoms with E-state index < -0.39 is 17.3 Å². The predicted octanol–water partition coefficient (Wildman–Crippen LogP) is 6.63. The number of alkyl halides is 3. The summed E-state index contributed by atoms with van der Waals surface area (Å²) in [6, 6.07) is 7.12. The number of aromatic amines is 1. The summed E-state index contributed by atoms with van der Waals surface area (Å²) >= 11 is 18.1. The van der Waals surface area contributed by atoms with Crippen LogP contribution in [-0.2, 0) is 18.3 Å². The monoisotopic (exact) mass is 476 g/mol. The molecule has 160 valence electrons. The predicted molar refractivity (Wildman–Crippen MR) is 113 cm³/mol. The Hall–Kier alpha value is -1.44. The molecule has 3 nitrogen and oxygen atoms in total. The van der Waals surface area contributed by atoms with Crippen molar-refractivity contribution in [3.05, 3.63) is 68.3 Å². The lowest BCUT2D eigenvalue weighted by Crippen LogP contribution is -2.42. The Morgan fingerprint density at radius 2 is 1.73 bits per heavy atom. The van der Waals surface area contributed by atoms with E-state index in [-0.39, 0.29) is 10.6 Å². The largest absolute Gasteiger partial charge is 0.417 e. The molecule has 2 heterocycles. The minimum atomic E-state index is -4.57. The number of aromatic nitrogens is 1. The second-order valence-electron chi connectivity index (χ2n) is 7.62. The first-order valence-electron chi connectivity index (χ1n) is 9.34. The van der Waals surface area contributed by atoms with E-state index in [1.54, 1.807) is 12.1 Å². The van der Waals surface area contributed by atoms with Crippen molar-refractivity contribution in [2.75, 3.05) is 13.1 Å². The molecule has 9 heteroatoms. The van der Waals surface area contributed by atoms with Crippen LogP contribution in [0.2, 0.25) is 15.1 Å². The van der Waals surface area contributed by atoms with Crippen molar-refractivity contribution in [1.29, 1.82) is 0 Å². The highest BCUT2D eigenvalue weighted by atomic mass is 35.5. The maximum absolute atomic E-state index is 13.2. The Balaban J connectivity index is 1.50. The van der Waals surface area contributed by atoms with Gasteiger partial charge in [0.05, 0.1) is 21.2 Å². The number of hydrogen-bond acceptors (Lipinski definition) is 2. The van der Waals surface area contributed by atoms with E-state index in [2.05, 4.69) is 9.88 Å². The molecule has 0 amide bonds. The summed E-state index contributed by atoms with van der Waals surface area (Å²) in [4.78, 5) is 5.30. The lowest BCUT2D eigenvalue weighted by molar-refractivity contribution is -0.137. The molecule has 3 aromatic rings. The molecule has 1 aromatic heterocycles. The lowest BCUT2D eigenvalue weighted by Gasteiger charge is -2.38. The van der Waals surface area contributed by atoms with Gasteiger partial charge in [-0.3, -0.25) is 4.90 Å². The van der Waals surface area contributed by atoms with E-state index in [0.29, 0.717) is 42.5 Å². The molecule has 0 radical (unpaired) electrons. The number of halogens is 6. The third-order valence-electron chi connectivity index (χ3n) is 5.66. The van der Waals surface area contributed by atoms with Crippen LogP contribution >= 0.6 is 34.8 Å². The number of fused-ring (bicyclic) bond motifs is 1. The fraction of sp³-hybridized carbons (Fsp3) is 0.333. The first-order chi connectivity index (χ1) is 14.1. The number of H-pyrrole nitrogens is 1. The number of aliphatic hydroxyl groups is 1.